The third kappa shape index (κ3) is 9.55. The molecule has 0 spiro atoms. The molecule has 31 heavy (non-hydrogen) atoms. The van der Waals surface area contributed by atoms with Crippen LogP contribution in [0.4, 0.5) is 0 Å². The zero-order valence-corrected chi connectivity index (χ0v) is 22.2. The molecule has 0 amide bonds. The first-order chi connectivity index (χ1) is 14.7. The van der Waals surface area contributed by atoms with Gasteiger partial charge in [0.15, 0.2) is 5.96 Å². The summed E-state index contributed by atoms with van der Waals surface area (Å²) in [5.74, 6) is 3.30. The zero-order valence-electron chi connectivity index (χ0n) is 18.3. The van der Waals surface area contributed by atoms with Gasteiger partial charge in [0, 0.05) is 48.5 Å². The Hall–Kier alpha value is -1.04. The average Bonchev–Trinajstić information content (AvgIpc) is 3.45. The number of aromatic nitrogens is 1. The van der Waals surface area contributed by atoms with Gasteiger partial charge in [-0.05, 0) is 38.3 Å². The highest BCUT2D eigenvalue weighted by atomic mass is 127. The molecule has 1 unspecified atom stereocenters. The molecular weight excluding hydrogens is 543 g/mol. The Morgan fingerprint density at radius 1 is 1.39 bits per heavy atom. The highest BCUT2D eigenvalue weighted by Crippen LogP contribution is 2.23. The van der Waals surface area contributed by atoms with Crippen LogP contribution in [-0.4, -0.2) is 49.6 Å². The molecule has 0 bridgehead atoms. The van der Waals surface area contributed by atoms with Crippen LogP contribution in [0, 0.1) is 12.8 Å². The van der Waals surface area contributed by atoms with Gasteiger partial charge in [0.25, 0.3) is 0 Å². The number of guanidine groups is 1. The summed E-state index contributed by atoms with van der Waals surface area (Å²) in [4.78, 5) is 9.08. The Labute approximate surface area is 211 Å². The fourth-order valence-corrected chi connectivity index (χ4v) is 4.72. The maximum atomic E-state index is 6.14. The van der Waals surface area contributed by atoms with Gasteiger partial charge in [-0.25, -0.2) is 9.98 Å². The molecule has 0 aliphatic carbocycles. The normalized spacial score (nSPS) is 16.1. The number of ether oxygens (including phenoxy) is 2. The number of benzene rings is 1. The predicted octanol–water partition coefficient (Wildman–Crippen LogP) is 4.72. The van der Waals surface area contributed by atoms with E-state index in [0.29, 0.717) is 19.1 Å². The number of halogens is 1. The van der Waals surface area contributed by atoms with E-state index in [0.717, 1.165) is 66.5 Å². The molecule has 0 radical (unpaired) electrons. The molecule has 1 aromatic carbocycles. The van der Waals surface area contributed by atoms with Crippen LogP contribution in [-0.2, 0) is 11.3 Å². The Bertz CT molecular complexity index is 784. The fraction of sp³-hybridized carbons (Fsp3) is 0.545. The summed E-state index contributed by atoms with van der Waals surface area (Å²) in [5.41, 5.74) is 2.30. The van der Waals surface area contributed by atoms with Crippen LogP contribution in [0.2, 0.25) is 0 Å². The molecule has 1 atom stereocenters. The van der Waals surface area contributed by atoms with Crippen LogP contribution in [0.1, 0.15) is 30.9 Å². The first-order valence-electron chi connectivity index (χ1n) is 10.6. The highest BCUT2D eigenvalue weighted by molar-refractivity contribution is 14.0. The van der Waals surface area contributed by atoms with E-state index in [9.17, 15) is 0 Å². The summed E-state index contributed by atoms with van der Waals surface area (Å²) in [6.07, 6.45) is 3.98. The zero-order chi connectivity index (χ0) is 21.0. The van der Waals surface area contributed by atoms with Crippen molar-refractivity contribution in [2.75, 3.05) is 38.7 Å². The van der Waals surface area contributed by atoms with Crippen LogP contribution in [0.5, 0.6) is 5.75 Å². The Morgan fingerprint density at radius 3 is 3.03 bits per heavy atom. The third-order valence-electron chi connectivity index (χ3n) is 4.72. The van der Waals surface area contributed by atoms with E-state index in [1.807, 2.05) is 11.6 Å². The Balaban J connectivity index is 0.00000341. The van der Waals surface area contributed by atoms with E-state index in [-0.39, 0.29) is 24.0 Å². The number of rotatable bonds is 11. The van der Waals surface area contributed by atoms with E-state index in [1.54, 1.807) is 23.1 Å². The monoisotopic (exact) mass is 576 g/mol. The number of hydrogen-bond acceptors (Lipinski definition) is 6. The molecule has 1 aromatic heterocycles. The van der Waals surface area contributed by atoms with E-state index in [2.05, 4.69) is 47.7 Å². The van der Waals surface area contributed by atoms with Gasteiger partial charge in [-0.3, -0.25) is 0 Å². The molecule has 1 aliphatic heterocycles. The maximum absolute atomic E-state index is 6.14. The largest absolute Gasteiger partial charge is 0.493 e. The molecule has 2 heterocycles. The second-order valence-electron chi connectivity index (χ2n) is 7.27. The smallest absolute Gasteiger partial charge is 0.191 e. The van der Waals surface area contributed by atoms with Crippen molar-refractivity contribution in [3.63, 3.8) is 0 Å². The summed E-state index contributed by atoms with van der Waals surface area (Å²) < 4.78 is 12.7. The molecule has 172 valence electrons. The van der Waals surface area contributed by atoms with Gasteiger partial charge in [-0.2, -0.15) is 0 Å². The van der Waals surface area contributed by atoms with Crippen molar-refractivity contribution in [1.29, 1.82) is 0 Å². The van der Waals surface area contributed by atoms with E-state index < -0.39 is 0 Å². The molecule has 1 saturated heterocycles. The van der Waals surface area contributed by atoms with Crippen LogP contribution < -0.4 is 15.4 Å². The molecule has 0 saturated carbocycles. The van der Waals surface area contributed by atoms with Crippen LogP contribution in [0.3, 0.4) is 0 Å². The quantitative estimate of drug-likeness (QED) is 0.133. The lowest BCUT2D eigenvalue weighted by Crippen LogP contribution is -2.37. The minimum absolute atomic E-state index is 0. The number of aryl methyl sites for hydroxylation is 1. The summed E-state index contributed by atoms with van der Waals surface area (Å²) in [5, 5.41) is 8.77. The standard InChI is InChI=1S/C22H32N4O2S2.HI/c1-3-23-21(24-8-4-11-29-22-25-9-12-30-22)26-14-19-6-5-17(2)13-20(19)28-16-18-7-10-27-15-18;/h5-6,9,12-13,18H,3-4,7-8,10-11,14-16H2,1-2H3,(H2,23,24,26);1H. The van der Waals surface area contributed by atoms with Crippen molar-refractivity contribution >= 4 is 53.0 Å². The Kier molecular flexibility index (Phi) is 12.6. The number of hydrogen-bond donors (Lipinski definition) is 2. The summed E-state index contributed by atoms with van der Waals surface area (Å²) in [6, 6.07) is 6.34. The second kappa shape index (κ2) is 14.9. The van der Waals surface area contributed by atoms with Crippen molar-refractivity contribution in [3.8, 4) is 5.75 Å². The number of nitrogens with zero attached hydrogens (tertiary/aromatic N) is 2. The van der Waals surface area contributed by atoms with Gasteiger partial charge in [0.1, 0.15) is 10.1 Å². The Morgan fingerprint density at radius 2 is 2.29 bits per heavy atom. The fourth-order valence-electron chi connectivity index (χ4n) is 3.08. The molecule has 1 fully saturated rings. The summed E-state index contributed by atoms with van der Waals surface area (Å²) >= 11 is 3.49. The van der Waals surface area contributed by atoms with Crippen molar-refractivity contribution in [3.05, 3.63) is 40.9 Å². The van der Waals surface area contributed by atoms with Gasteiger partial charge in [-0.1, -0.05) is 23.9 Å². The predicted molar refractivity (Wildman–Crippen MR) is 141 cm³/mol. The lowest BCUT2D eigenvalue weighted by atomic mass is 10.1. The SMILES string of the molecule is CCNC(=NCc1ccc(C)cc1OCC1CCOC1)NCCCSc1nccs1.I. The molecule has 2 N–H and O–H groups in total. The van der Waals surface area contributed by atoms with Crippen LogP contribution in [0.15, 0.2) is 39.1 Å². The summed E-state index contributed by atoms with van der Waals surface area (Å²) in [7, 11) is 0. The minimum atomic E-state index is 0. The van der Waals surface area contributed by atoms with Crippen molar-refractivity contribution in [2.45, 2.75) is 37.6 Å². The van der Waals surface area contributed by atoms with Crippen molar-refractivity contribution in [2.24, 2.45) is 10.9 Å². The van der Waals surface area contributed by atoms with Crippen LogP contribution >= 0.6 is 47.1 Å². The second-order valence-corrected chi connectivity index (χ2v) is 9.51. The first-order valence-corrected chi connectivity index (χ1v) is 12.5. The number of aliphatic imine (C=N–C) groups is 1. The van der Waals surface area contributed by atoms with Gasteiger partial charge in [0.05, 0.1) is 19.8 Å². The molecule has 9 heteroatoms. The van der Waals surface area contributed by atoms with Gasteiger partial charge >= 0.3 is 0 Å². The number of thiazole rings is 1. The molecule has 1 aliphatic rings. The lowest BCUT2D eigenvalue weighted by molar-refractivity contribution is 0.166. The molecule has 3 rings (SSSR count). The van der Waals surface area contributed by atoms with Gasteiger partial charge < -0.3 is 20.1 Å². The lowest BCUT2D eigenvalue weighted by Gasteiger charge is -2.15. The number of nitrogens with one attached hydrogen (secondary N) is 2. The van der Waals surface area contributed by atoms with E-state index in [1.165, 1.54) is 5.56 Å². The number of thioether (sulfide) groups is 1. The minimum Gasteiger partial charge on any atom is -0.493 e. The van der Waals surface area contributed by atoms with Crippen molar-refractivity contribution in [1.82, 2.24) is 15.6 Å². The van der Waals surface area contributed by atoms with Crippen LogP contribution in [0.25, 0.3) is 0 Å². The molecular formula is C22H33IN4O2S2. The van der Waals surface area contributed by atoms with Gasteiger partial charge in [0.2, 0.25) is 0 Å². The summed E-state index contributed by atoms with van der Waals surface area (Å²) in [6.45, 7) is 8.82. The van der Waals surface area contributed by atoms with E-state index in [4.69, 9.17) is 14.5 Å². The average molecular weight is 577 g/mol. The third-order valence-corrected chi connectivity index (χ3v) is 6.77. The molecule has 2 aromatic rings. The molecule has 6 nitrogen and oxygen atoms in total. The first kappa shape index (κ1) is 26.2. The van der Waals surface area contributed by atoms with E-state index >= 15 is 0 Å². The highest BCUT2D eigenvalue weighted by Gasteiger charge is 2.17. The topological polar surface area (TPSA) is 67.8 Å². The van der Waals surface area contributed by atoms with Gasteiger partial charge in [-0.15, -0.1) is 35.3 Å². The maximum Gasteiger partial charge on any atom is 0.191 e. The van der Waals surface area contributed by atoms with Crippen molar-refractivity contribution < 1.29 is 9.47 Å².